The first-order valence-corrected chi connectivity index (χ1v) is 6.16. The summed E-state index contributed by atoms with van der Waals surface area (Å²) in [5, 5.41) is 3.89. The molecule has 0 spiro atoms. The standard InChI is InChI=1S/C14H16N2O2/c1-3-10-5-7-11(8-6-10)14-15-13(18-16-14)9-12(17)4-2/h5-8H,3-4,9H2,1-2H3. The number of hydrogen-bond acceptors (Lipinski definition) is 4. The number of hydrogen-bond donors (Lipinski definition) is 0. The van der Waals surface area contributed by atoms with Gasteiger partial charge in [-0.25, -0.2) is 0 Å². The number of Topliss-reactive ketones (excluding diaryl/α,β-unsaturated/α-hetero) is 1. The average molecular weight is 244 g/mol. The topological polar surface area (TPSA) is 56.0 Å². The lowest BCUT2D eigenvalue weighted by atomic mass is 10.1. The van der Waals surface area contributed by atoms with E-state index < -0.39 is 0 Å². The molecule has 94 valence electrons. The van der Waals surface area contributed by atoms with E-state index >= 15 is 0 Å². The lowest BCUT2D eigenvalue weighted by Crippen LogP contribution is -2.00. The Morgan fingerprint density at radius 3 is 2.56 bits per heavy atom. The summed E-state index contributed by atoms with van der Waals surface area (Å²) in [5.74, 6) is 1.03. The lowest BCUT2D eigenvalue weighted by Gasteiger charge is -1.97. The number of rotatable bonds is 5. The van der Waals surface area contributed by atoms with Gasteiger partial charge in [0.25, 0.3) is 0 Å². The zero-order chi connectivity index (χ0) is 13.0. The van der Waals surface area contributed by atoms with Crippen molar-refractivity contribution in [3.63, 3.8) is 0 Å². The van der Waals surface area contributed by atoms with Gasteiger partial charge in [-0.05, 0) is 12.0 Å². The van der Waals surface area contributed by atoms with E-state index in [1.165, 1.54) is 5.56 Å². The fourth-order valence-corrected chi connectivity index (χ4v) is 1.63. The Labute approximate surface area is 106 Å². The maximum absolute atomic E-state index is 11.3. The van der Waals surface area contributed by atoms with E-state index in [0.29, 0.717) is 18.1 Å². The molecule has 0 fully saturated rings. The molecule has 0 N–H and O–H groups in total. The summed E-state index contributed by atoms with van der Waals surface area (Å²) in [4.78, 5) is 15.5. The minimum absolute atomic E-state index is 0.103. The molecular formula is C14H16N2O2. The van der Waals surface area contributed by atoms with Crippen LogP contribution in [0.3, 0.4) is 0 Å². The van der Waals surface area contributed by atoms with Crippen LogP contribution in [0.5, 0.6) is 0 Å². The van der Waals surface area contributed by atoms with Crippen LogP contribution in [-0.4, -0.2) is 15.9 Å². The Balaban J connectivity index is 2.15. The van der Waals surface area contributed by atoms with Crippen molar-refractivity contribution in [1.29, 1.82) is 0 Å². The van der Waals surface area contributed by atoms with E-state index in [1.54, 1.807) is 0 Å². The third kappa shape index (κ3) is 2.83. The SMILES string of the molecule is CCC(=O)Cc1nc(-c2ccc(CC)cc2)no1. The van der Waals surface area contributed by atoms with Crippen LogP contribution < -0.4 is 0 Å². The second-order valence-corrected chi connectivity index (χ2v) is 4.13. The average Bonchev–Trinajstić information content (AvgIpc) is 2.87. The highest BCUT2D eigenvalue weighted by atomic mass is 16.5. The van der Waals surface area contributed by atoms with Crippen LogP contribution in [0.2, 0.25) is 0 Å². The molecule has 2 aromatic rings. The highest BCUT2D eigenvalue weighted by Crippen LogP contribution is 2.17. The van der Waals surface area contributed by atoms with E-state index in [9.17, 15) is 4.79 Å². The van der Waals surface area contributed by atoms with Crippen LogP contribution >= 0.6 is 0 Å². The Morgan fingerprint density at radius 1 is 1.22 bits per heavy atom. The van der Waals surface area contributed by atoms with Crippen LogP contribution in [0, 0.1) is 0 Å². The van der Waals surface area contributed by atoms with Crippen molar-refractivity contribution in [3.05, 3.63) is 35.7 Å². The molecule has 0 aliphatic carbocycles. The van der Waals surface area contributed by atoms with Gasteiger partial charge < -0.3 is 4.52 Å². The molecule has 0 radical (unpaired) electrons. The van der Waals surface area contributed by atoms with E-state index in [4.69, 9.17) is 4.52 Å². The summed E-state index contributed by atoms with van der Waals surface area (Å²) in [7, 11) is 0. The van der Waals surface area contributed by atoms with E-state index in [1.807, 2.05) is 31.2 Å². The molecule has 0 aliphatic rings. The first-order chi connectivity index (χ1) is 8.72. The van der Waals surface area contributed by atoms with Crippen molar-refractivity contribution in [3.8, 4) is 11.4 Å². The zero-order valence-corrected chi connectivity index (χ0v) is 10.6. The predicted molar refractivity (Wildman–Crippen MR) is 68.1 cm³/mol. The Morgan fingerprint density at radius 2 is 1.94 bits per heavy atom. The number of ketones is 1. The third-order valence-corrected chi connectivity index (χ3v) is 2.83. The van der Waals surface area contributed by atoms with E-state index in [-0.39, 0.29) is 12.2 Å². The fourth-order valence-electron chi connectivity index (χ4n) is 1.63. The van der Waals surface area contributed by atoms with Gasteiger partial charge in [-0.15, -0.1) is 0 Å². The van der Waals surface area contributed by atoms with Crippen LogP contribution in [0.15, 0.2) is 28.8 Å². The van der Waals surface area contributed by atoms with Crippen LogP contribution in [0.4, 0.5) is 0 Å². The predicted octanol–water partition coefficient (Wildman–Crippen LogP) is 2.82. The monoisotopic (exact) mass is 244 g/mol. The number of carbonyl (C=O) groups excluding carboxylic acids is 1. The minimum atomic E-state index is 0.103. The molecule has 0 saturated heterocycles. The Kier molecular flexibility index (Phi) is 3.87. The highest BCUT2D eigenvalue weighted by molar-refractivity contribution is 5.79. The number of nitrogens with zero attached hydrogens (tertiary/aromatic N) is 2. The minimum Gasteiger partial charge on any atom is -0.339 e. The van der Waals surface area contributed by atoms with Gasteiger partial charge in [0.05, 0.1) is 6.42 Å². The van der Waals surface area contributed by atoms with Gasteiger partial charge in [0.1, 0.15) is 5.78 Å². The molecular weight excluding hydrogens is 228 g/mol. The second kappa shape index (κ2) is 5.58. The van der Waals surface area contributed by atoms with Crippen molar-refractivity contribution in [2.75, 3.05) is 0 Å². The first-order valence-electron chi connectivity index (χ1n) is 6.16. The maximum atomic E-state index is 11.3. The van der Waals surface area contributed by atoms with Crippen LogP contribution in [0.25, 0.3) is 11.4 Å². The van der Waals surface area contributed by atoms with Crippen LogP contribution in [-0.2, 0) is 17.6 Å². The fraction of sp³-hybridized carbons (Fsp3) is 0.357. The molecule has 1 aromatic carbocycles. The number of aromatic nitrogens is 2. The van der Waals surface area contributed by atoms with E-state index in [0.717, 1.165) is 12.0 Å². The maximum Gasteiger partial charge on any atom is 0.234 e. The van der Waals surface area contributed by atoms with Crippen molar-refractivity contribution in [2.24, 2.45) is 0 Å². The van der Waals surface area contributed by atoms with Crippen molar-refractivity contribution in [2.45, 2.75) is 33.1 Å². The number of carbonyl (C=O) groups is 1. The molecule has 0 unspecified atom stereocenters. The molecule has 0 saturated carbocycles. The highest BCUT2D eigenvalue weighted by Gasteiger charge is 2.11. The summed E-state index contributed by atoms with van der Waals surface area (Å²) in [5.41, 5.74) is 2.18. The molecule has 4 nitrogen and oxygen atoms in total. The summed E-state index contributed by atoms with van der Waals surface area (Å²) >= 11 is 0. The normalized spacial score (nSPS) is 10.6. The molecule has 18 heavy (non-hydrogen) atoms. The molecule has 0 amide bonds. The quantitative estimate of drug-likeness (QED) is 0.811. The smallest absolute Gasteiger partial charge is 0.234 e. The Bertz CT molecular complexity index is 529. The summed E-state index contributed by atoms with van der Waals surface area (Å²) in [6.45, 7) is 3.93. The third-order valence-electron chi connectivity index (χ3n) is 2.83. The van der Waals surface area contributed by atoms with Crippen molar-refractivity contribution >= 4 is 5.78 Å². The summed E-state index contributed by atoms with van der Waals surface area (Å²) < 4.78 is 5.07. The van der Waals surface area contributed by atoms with Crippen molar-refractivity contribution < 1.29 is 9.32 Å². The lowest BCUT2D eigenvalue weighted by molar-refractivity contribution is -0.118. The molecule has 1 heterocycles. The van der Waals surface area contributed by atoms with Crippen LogP contribution in [0.1, 0.15) is 31.7 Å². The molecule has 1 aromatic heterocycles. The summed E-state index contributed by atoms with van der Waals surface area (Å²) in [6, 6.07) is 8.02. The van der Waals surface area contributed by atoms with Gasteiger partial charge in [0.15, 0.2) is 0 Å². The number of benzene rings is 1. The molecule has 4 heteroatoms. The zero-order valence-electron chi connectivity index (χ0n) is 10.6. The van der Waals surface area contributed by atoms with E-state index in [2.05, 4.69) is 17.1 Å². The largest absolute Gasteiger partial charge is 0.339 e. The first kappa shape index (κ1) is 12.5. The van der Waals surface area contributed by atoms with Gasteiger partial charge in [-0.2, -0.15) is 4.98 Å². The molecule has 0 aliphatic heterocycles. The molecule has 0 bridgehead atoms. The van der Waals surface area contributed by atoms with Gasteiger partial charge in [0.2, 0.25) is 11.7 Å². The van der Waals surface area contributed by atoms with Gasteiger partial charge >= 0.3 is 0 Å². The molecule has 2 rings (SSSR count). The van der Waals surface area contributed by atoms with Crippen molar-refractivity contribution in [1.82, 2.24) is 10.1 Å². The Hall–Kier alpha value is -1.97. The summed E-state index contributed by atoms with van der Waals surface area (Å²) in [6.07, 6.45) is 1.71. The number of aryl methyl sites for hydroxylation is 1. The second-order valence-electron chi connectivity index (χ2n) is 4.13. The van der Waals surface area contributed by atoms with Gasteiger partial charge in [0, 0.05) is 12.0 Å². The van der Waals surface area contributed by atoms with Gasteiger partial charge in [-0.3, -0.25) is 4.79 Å². The van der Waals surface area contributed by atoms with Gasteiger partial charge in [-0.1, -0.05) is 43.3 Å². The molecule has 0 atom stereocenters.